The molecule has 2 aliphatic rings. The van der Waals surface area contributed by atoms with E-state index in [9.17, 15) is 38.0 Å². The van der Waals surface area contributed by atoms with Crippen molar-refractivity contribution in [2.45, 2.75) is 40.6 Å². The summed E-state index contributed by atoms with van der Waals surface area (Å²) in [5.41, 5.74) is 1.14. The summed E-state index contributed by atoms with van der Waals surface area (Å²) in [4.78, 5) is 95.7. The van der Waals surface area contributed by atoms with Crippen LogP contribution >= 0.6 is 82.5 Å². The highest BCUT2D eigenvalue weighted by atomic mass is 127. The number of ether oxygens (including phenoxy) is 3. The Bertz CT molecular complexity index is 2540. The Morgan fingerprint density at radius 3 is 1.80 bits per heavy atom. The van der Waals surface area contributed by atoms with E-state index >= 15 is 0 Å². The van der Waals surface area contributed by atoms with Crippen LogP contribution in [0.1, 0.15) is 81.2 Å². The fraction of sp³-hybridized carbons (Fsp3) is 0.317. The molecule has 5 aromatic rings. The Kier molecular flexibility index (Phi) is 25.7. The van der Waals surface area contributed by atoms with E-state index < -0.39 is 24.2 Å². The van der Waals surface area contributed by atoms with Crippen LogP contribution in [0.2, 0.25) is 5.02 Å². The van der Waals surface area contributed by atoms with E-state index in [1.165, 1.54) is 0 Å². The summed E-state index contributed by atoms with van der Waals surface area (Å²) < 4.78 is 30.7. The van der Waals surface area contributed by atoms with Crippen molar-refractivity contribution < 1.29 is 39.1 Å². The van der Waals surface area contributed by atoms with Gasteiger partial charge in [-0.1, -0.05) is 19.0 Å². The number of aryl methyl sites for hydroxylation is 1. The number of benzene rings is 1. The van der Waals surface area contributed by atoms with Gasteiger partial charge in [0.15, 0.2) is 0 Å². The molecular formula is C41H45Cl5FIN8O10. The van der Waals surface area contributed by atoms with Gasteiger partial charge in [-0.05, 0) is 75.4 Å². The van der Waals surface area contributed by atoms with Gasteiger partial charge in [0.05, 0.1) is 91.7 Å². The molecule has 0 unspecified atom stereocenters. The van der Waals surface area contributed by atoms with Crippen LogP contribution in [0.3, 0.4) is 0 Å². The summed E-state index contributed by atoms with van der Waals surface area (Å²) in [5, 5.41) is 0.377. The first-order chi connectivity index (χ1) is 31.1. The number of rotatable bonds is 7. The van der Waals surface area contributed by atoms with Crippen LogP contribution < -0.4 is 22.0 Å². The number of esters is 2. The van der Waals surface area contributed by atoms with E-state index in [4.69, 9.17) is 74.1 Å². The number of pyridine rings is 3. The number of carbonyl (C=O) groups excluding carboxylic acids is 4. The van der Waals surface area contributed by atoms with E-state index in [0.717, 1.165) is 5.69 Å². The molecule has 1 aromatic carbocycles. The molecule has 0 spiro atoms. The van der Waals surface area contributed by atoms with Crippen LogP contribution in [-0.4, -0.2) is 103 Å². The highest BCUT2D eigenvalue weighted by Crippen LogP contribution is 2.30. The molecule has 25 heteroatoms. The summed E-state index contributed by atoms with van der Waals surface area (Å²) in [7, 11) is -1.00. The number of alkyl halides is 2. The fourth-order valence-electron chi connectivity index (χ4n) is 5.44. The first kappa shape index (κ1) is 57.2. The molecule has 66 heavy (non-hydrogen) atoms. The molecule has 0 N–H and O–H groups in total. The molecule has 358 valence electrons. The smallest absolute Gasteiger partial charge is 0.366 e. The van der Waals surface area contributed by atoms with Gasteiger partial charge in [-0.15, -0.1) is 47.8 Å². The zero-order chi connectivity index (χ0) is 48.2. The average molecular weight is 1130 g/mol. The lowest BCUT2D eigenvalue weighted by atomic mass is 10.1. The van der Waals surface area contributed by atoms with Gasteiger partial charge in [0.25, 0.3) is 11.8 Å². The van der Waals surface area contributed by atoms with E-state index in [1.807, 2.05) is 0 Å². The van der Waals surface area contributed by atoms with Crippen molar-refractivity contribution in [2.24, 2.45) is 0 Å². The lowest BCUT2D eigenvalue weighted by Crippen LogP contribution is -2.47. The first-order valence-corrected chi connectivity index (χ1v) is 20.5. The SMILES string of the molecule is C.CCOC(=O)c1cccnc1C.CCOC(=O)c1cccnc1CCl.I.O=C(c1cc(N2Cc3ncccc3C2=O)ccc1Cl)N1CCOCC1.O=c1n(Cl)c(=O)n(Cl)c(=O)n1Cl.[2H]CF. The topological polar surface area (TPSA) is 207 Å². The summed E-state index contributed by atoms with van der Waals surface area (Å²) in [6.07, 6.45) is 4.92. The van der Waals surface area contributed by atoms with Gasteiger partial charge in [-0.2, -0.15) is 0 Å². The average Bonchev–Trinajstić information content (AvgIpc) is 3.66. The van der Waals surface area contributed by atoms with Gasteiger partial charge in [-0.3, -0.25) is 28.9 Å². The minimum atomic E-state index is -1.16. The third-order valence-corrected chi connectivity index (χ3v) is 9.94. The molecule has 1 saturated heterocycles. The molecule has 1 fully saturated rings. The van der Waals surface area contributed by atoms with Crippen molar-refractivity contribution in [1.82, 2.24) is 32.1 Å². The lowest BCUT2D eigenvalue weighted by molar-refractivity contribution is 0.0303. The number of hydrogen-bond donors (Lipinski definition) is 0. The summed E-state index contributed by atoms with van der Waals surface area (Å²) >= 11 is 27.2. The standard InChI is InChI=1S/C18H16ClN3O3.C9H10ClNO2.C9H11NO2.C3Cl3N3O3.CH3F.CH4.HI/c19-15-4-3-12(10-14(15)17(23)21-6-8-25-9-7-21)22-11-16-13(18(22)24)2-1-5-20-16;1-2-13-9(12)7-4-3-5-11-8(7)6-10;1-3-12-9(11)8-5-4-6-10-7(8)2;4-7-1(10)8(5)3(12)9(6)2(7)11;1-2;;/h1-5,10H,6-9,11H2;3-5H,2,6H2,1H3;4-6H,3H2,1-2H3;;1H3;1H4;1H/i;;;;1D;;. The second kappa shape index (κ2) is 29.6. The molecular weight excluding hydrogens is 1090 g/mol. The molecule has 0 saturated carbocycles. The van der Waals surface area contributed by atoms with Gasteiger partial charge in [0.1, 0.15) is 0 Å². The predicted molar refractivity (Wildman–Crippen MR) is 260 cm³/mol. The second-order valence-corrected chi connectivity index (χ2v) is 14.0. The van der Waals surface area contributed by atoms with Crippen LogP contribution in [0, 0.1) is 6.92 Å². The van der Waals surface area contributed by atoms with E-state index in [1.54, 1.807) is 104 Å². The maximum absolute atomic E-state index is 12.8. The van der Waals surface area contributed by atoms with Crippen molar-refractivity contribution in [1.29, 1.82) is 0 Å². The van der Waals surface area contributed by atoms with Gasteiger partial charge in [-0.25, -0.2) is 24.0 Å². The van der Waals surface area contributed by atoms with Crippen LogP contribution in [0.15, 0.2) is 87.6 Å². The number of carbonyl (C=O) groups is 4. The Balaban J connectivity index is 0.000000461. The van der Waals surface area contributed by atoms with E-state index in [0.29, 0.717) is 90.4 Å². The third kappa shape index (κ3) is 15.6. The van der Waals surface area contributed by atoms with E-state index in [2.05, 4.69) is 15.0 Å². The van der Waals surface area contributed by atoms with Crippen molar-refractivity contribution in [2.75, 3.05) is 51.6 Å². The number of hydrogen-bond acceptors (Lipinski definition) is 13. The minimum Gasteiger partial charge on any atom is -0.462 e. The van der Waals surface area contributed by atoms with Crippen molar-refractivity contribution in [3.63, 3.8) is 0 Å². The third-order valence-electron chi connectivity index (χ3n) is 8.49. The largest absolute Gasteiger partial charge is 0.462 e. The Morgan fingerprint density at radius 2 is 1.29 bits per heavy atom. The van der Waals surface area contributed by atoms with E-state index in [-0.39, 0.29) is 73.3 Å². The molecule has 0 atom stereocenters. The van der Waals surface area contributed by atoms with Crippen LogP contribution in [0.4, 0.5) is 10.1 Å². The quantitative estimate of drug-likeness (QED) is 0.0920. The zero-order valence-electron chi connectivity index (χ0n) is 35.6. The predicted octanol–water partition coefficient (Wildman–Crippen LogP) is 6.95. The zero-order valence-corrected chi connectivity index (χ0v) is 40.7. The van der Waals surface area contributed by atoms with Crippen molar-refractivity contribution >= 4 is 112 Å². The molecule has 6 heterocycles. The molecule has 4 aromatic heterocycles. The molecule has 18 nitrogen and oxygen atoms in total. The summed E-state index contributed by atoms with van der Waals surface area (Å²) in [6.45, 7) is 8.59. The Hall–Kier alpha value is -4.97. The fourth-order valence-corrected chi connectivity index (χ4v) is 6.42. The Morgan fingerprint density at radius 1 is 0.788 bits per heavy atom. The number of halogens is 7. The first-order valence-electron chi connectivity index (χ1n) is 19.3. The molecule has 0 radical (unpaired) electrons. The highest BCUT2D eigenvalue weighted by Gasteiger charge is 2.30. The lowest BCUT2D eigenvalue weighted by Gasteiger charge is -2.27. The van der Waals surface area contributed by atoms with Crippen LogP contribution in [0.25, 0.3) is 0 Å². The van der Waals surface area contributed by atoms with Gasteiger partial charge < -0.3 is 24.0 Å². The monoisotopic (exact) mass is 1130 g/mol. The number of morpholine rings is 1. The number of aromatic nitrogens is 6. The molecule has 0 aliphatic carbocycles. The Labute approximate surface area is 421 Å². The number of amides is 2. The van der Waals surface area contributed by atoms with Crippen LogP contribution in [-0.2, 0) is 26.6 Å². The number of fused-ring (bicyclic) bond motifs is 1. The normalized spacial score (nSPS) is 12.2. The second-order valence-electron chi connectivity index (χ2n) is 12.4. The number of nitrogens with zero attached hydrogens (tertiary/aromatic N) is 8. The van der Waals surface area contributed by atoms with Gasteiger partial charge in [0.2, 0.25) is 0 Å². The molecule has 2 amide bonds. The maximum Gasteiger partial charge on any atom is 0.366 e. The van der Waals surface area contributed by atoms with Crippen molar-refractivity contribution in [3.05, 3.63) is 149 Å². The summed E-state index contributed by atoms with van der Waals surface area (Å²) in [6, 6.07) is 15.4. The highest BCUT2D eigenvalue weighted by molar-refractivity contribution is 14.0. The summed E-state index contributed by atoms with van der Waals surface area (Å²) in [5.74, 6) is -0.711. The van der Waals surface area contributed by atoms with Crippen molar-refractivity contribution in [3.8, 4) is 0 Å². The maximum atomic E-state index is 12.8. The van der Waals surface area contributed by atoms with Gasteiger partial charge in [0, 0.05) is 72.7 Å². The molecule has 0 bridgehead atoms. The minimum absolute atomic E-state index is 0. The van der Waals surface area contributed by atoms with Gasteiger partial charge >= 0.3 is 29.0 Å². The van der Waals surface area contributed by atoms with Crippen LogP contribution in [0.5, 0.6) is 0 Å². The molecule has 2 aliphatic heterocycles. The number of anilines is 1. The molecule has 7 rings (SSSR count).